The number of carbonyl (C=O) groups excluding carboxylic acids is 1. The number of H-pyrrole nitrogens is 1. The summed E-state index contributed by atoms with van der Waals surface area (Å²) in [4.78, 5) is 22.4. The summed E-state index contributed by atoms with van der Waals surface area (Å²) in [5, 5.41) is 17.9. The summed E-state index contributed by atoms with van der Waals surface area (Å²) in [6.45, 7) is 0.431. The number of aromatic carboxylic acids is 1. The van der Waals surface area contributed by atoms with Crippen LogP contribution in [0.25, 0.3) is 0 Å². The van der Waals surface area contributed by atoms with Gasteiger partial charge in [0.1, 0.15) is 5.69 Å². The van der Waals surface area contributed by atoms with Crippen molar-refractivity contribution in [2.24, 2.45) is 0 Å². The zero-order valence-corrected chi connectivity index (χ0v) is 10.1. The van der Waals surface area contributed by atoms with Crippen molar-refractivity contribution >= 4 is 11.9 Å². The van der Waals surface area contributed by atoms with Crippen molar-refractivity contribution in [2.75, 3.05) is 6.54 Å². The number of rotatable bonds is 5. The molecule has 0 spiro atoms. The van der Waals surface area contributed by atoms with E-state index in [2.05, 4.69) is 15.5 Å². The van der Waals surface area contributed by atoms with Crippen LogP contribution in [0.2, 0.25) is 0 Å². The van der Waals surface area contributed by atoms with E-state index in [0.29, 0.717) is 18.7 Å². The zero-order valence-electron chi connectivity index (χ0n) is 10.1. The molecule has 0 atom stereocenters. The number of benzene rings is 1. The molecule has 2 rings (SSSR count). The molecule has 1 aromatic carbocycles. The normalized spacial score (nSPS) is 10.1. The van der Waals surface area contributed by atoms with Gasteiger partial charge in [-0.25, -0.2) is 4.79 Å². The van der Waals surface area contributed by atoms with Gasteiger partial charge < -0.3 is 10.4 Å². The van der Waals surface area contributed by atoms with E-state index >= 15 is 0 Å². The molecule has 19 heavy (non-hydrogen) atoms. The minimum atomic E-state index is -0.955. The zero-order chi connectivity index (χ0) is 13.7. The molecule has 2 aromatic rings. The fourth-order valence-corrected chi connectivity index (χ4v) is 1.66. The lowest BCUT2D eigenvalue weighted by molar-refractivity contribution is 0.0696. The third-order valence-corrected chi connectivity index (χ3v) is 2.62. The molecule has 0 unspecified atom stereocenters. The second-order valence-electron chi connectivity index (χ2n) is 3.98. The summed E-state index contributed by atoms with van der Waals surface area (Å²) in [6.07, 6.45) is 2.08. The van der Waals surface area contributed by atoms with Crippen molar-refractivity contribution in [3.05, 3.63) is 53.3 Å². The standard InChI is InChI=1S/C13H13N3O3/c17-12(11-5-7-15-16-11)14-6-4-9-2-1-3-10(8-9)13(18)19/h1-3,5,7-8H,4,6H2,(H,14,17)(H,15,16)(H,18,19). The van der Waals surface area contributed by atoms with E-state index in [1.807, 2.05) is 6.07 Å². The van der Waals surface area contributed by atoms with Crippen LogP contribution < -0.4 is 5.32 Å². The first kappa shape index (κ1) is 12.8. The lowest BCUT2D eigenvalue weighted by atomic mass is 10.1. The molecule has 0 aliphatic rings. The summed E-state index contributed by atoms with van der Waals surface area (Å²) in [5.41, 5.74) is 1.52. The number of nitrogens with zero attached hydrogens (tertiary/aromatic N) is 1. The number of hydrogen-bond donors (Lipinski definition) is 3. The number of aromatic amines is 1. The third-order valence-electron chi connectivity index (χ3n) is 2.62. The van der Waals surface area contributed by atoms with Crippen molar-refractivity contribution in [1.82, 2.24) is 15.5 Å². The first-order chi connectivity index (χ1) is 9.16. The molecular formula is C13H13N3O3. The maximum Gasteiger partial charge on any atom is 0.335 e. The average molecular weight is 259 g/mol. The fourth-order valence-electron chi connectivity index (χ4n) is 1.66. The Balaban J connectivity index is 1.87. The number of carboxylic acids is 1. The van der Waals surface area contributed by atoms with Gasteiger partial charge in [0.25, 0.3) is 5.91 Å². The highest BCUT2D eigenvalue weighted by molar-refractivity contribution is 5.92. The number of nitrogens with one attached hydrogen (secondary N) is 2. The van der Waals surface area contributed by atoms with Gasteiger partial charge in [0, 0.05) is 12.7 Å². The van der Waals surface area contributed by atoms with Crippen LogP contribution in [-0.4, -0.2) is 33.7 Å². The average Bonchev–Trinajstić information content (AvgIpc) is 2.93. The Morgan fingerprint density at radius 1 is 1.32 bits per heavy atom. The molecule has 1 aromatic heterocycles. The van der Waals surface area contributed by atoms with Gasteiger partial charge in [0.15, 0.2) is 0 Å². The van der Waals surface area contributed by atoms with E-state index in [1.54, 1.807) is 18.2 Å². The molecule has 1 amide bonds. The second kappa shape index (κ2) is 5.81. The Hall–Kier alpha value is -2.63. The molecule has 0 fully saturated rings. The van der Waals surface area contributed by atoms with Crippen molar-refractivity contribution in [1.29, 1.82) is 0 Å². The summed E-state index contributed by atoms with van der Waals surface area (Å²) in [5.74, 6) is -1.18. The molecule has 0 aliphatic carbocycles. The van der Waals surface area contributed by atoms with Gasteiger partial charge in [-0.1, -0.05) is 12.1 Å². The number of aromatic nitrogens is 2. The Bertz CT molecular complexity index is 579. The van der Waals surface area contributed by atoms with Crippen molar-refractivity contribution in [3.8, 4) is 0 Å². The summed E-state index contributed by atoms with van der Waals surface area (Å²) >= 11 is 0. The Kier molecular flexibility index (Phi) is 3.92. The summed E-state index contributed by atoms with van der Waals surface area (Å²) in [7, 11) is 0. The van der Waals surface area contributed by atoms with E-state index in [4.69, 9.17) is 5.11 Å². The van der Waals surface area contributed by atoms with E-state index < -0.39 is 5.97 Å². The molecule has 98 valence electrons. The van der Waals surface area contributed by atoms with Gasteiger partial charge in [0.2, 0.25) is 0 Å². The maximum atomic E-state index is 11.6. The van der Waals surface area contributed by atoms with Crippen LogP contribution in [0.3, 0.4) is 0 Å². The van der Waals surface area contributed by atoms with Gasteiger partial charge in [-0.2, -0.15) is 5.10 Å². The van der Waals surface area contributed by atoms with E-state index in [1.165, 1.54) is 12.3 Å². The molecule has 0 saturated carbocycles. The molecule has 0 saturated heterocycles. The van der Waals surface area contributed by atoms with Crippen LogP contribution in [0.5, 0.6) is 0 Å². The highest BCUT2D eigenvalue weighted by Crippen LogP contribution is 2.05. The van der Waals surface area contributed by atoms with E-state index in [0.717, 1.165) is 5.56 Å². The van der Waals surface area contributed by atoms with Crippen molar-refractivity contribution < 1.29 is 14.7 Å². The van der Waals surface area contributed by atoms with Gasteiger partial charge in [-0.15, -0.1) is 0 Å². The number of amides is 1. The Labute approximate surface area is 109 Å². The van der Waals surface area contributed by atoms with Crippen molar-refractivity contribution in [2.45, 2.75) is 6.42 Å². The maximum absolute atomic E-state index is 11.6. The molecular weight excluding hydrogens is 246 g/mol. The number of carboxylic acid groups (broad SMARTS) is 1. The van der Waals surface area contributed by atoms with Crippen molar-refractivity contribution in [3.63, 3.8) is 0 Å². The fraction of sp³-hybridized carbons (Fsp3) is 0.154. The van der Waals surface area contributed by atoms with Gasteiger partial charge in [-0.05, 0) is 30.2 Å². The Morgan fingerprint density at radius 2 is 2.16 bits per heavy atom. The van der Waals surface area contributed by atoms with Gasteiger partial charge >= 0.3 is 5.97 Å². The van der Waals surface area contributed by atoms with Crippen LogP contribution in [0.15, 0.2) is 36.5 Å². The number of hydrogen-bond acceptors (Lipinski definition) is 3. The quantitative estimate of drug-likeness (QED) is 0.748. The predicted octanol–water partition coefficient (Wildman–Crippen LogP) is 1.08. The summed E-state index contributed by atoms with van der Waals surface area (Å²) < 4.78 is 0. The molecule has 0 bridgehead atoms. The van der Waals surface area contributed by atoms with Crippen LogP contribution >= 0.6 is 0 Å². The minimum absolute atomic E-state index is 0.230. The van der Waals surface area contributed by atoms with Gasteiger partial charge in [0.05, 0.1) is 5.56 Å². The molecule has 6 nitrogen and oxygen atoms in total. The van der Waals surface area contributed by atoms with E-state index in [9.17, 15) is 9.59 Å². The Morgan fingerprint density at radius 3 is 2.84 bits per heavy atom. The summed E-state index contributed by atoms with van der Waals surface area (Å²) in [6, 6.07) is 8.24. The molecule has 6 heteroatoms. The molecule has 0 radical (unpaired) electrons. The van der Waals surface area contributed by atoms with E-state index in [-0.39, 0.29) is 11.5 Å². The largest absolute Gasteiger partial charge is 0.478 e. The first-order valence-corrected chi connectivity index (χ1v) is 5.76. The van der Waals surface area contributed by atoms with Gasteiger partial charge in [-0.3, -0.25) is 9.89 Å². The lowest BCUT2D eigenvalue weighted by Crippen LogP contribution is -2.26. The molecule has 1 heterocycles. The third kappa shape index (κ3) is 3.41. The predicted molar refractivity (Wildman–Crippen MR) is 68.0 cm³/mol. The first-order valence-electron chi connectivity index (χ1n) is 5.76. The smallest absolute Gasteiger partial charge is 0.335 e. The SMILES string of the molecule is O=C(O)c1cccc(CCNC(=O)c2ccn[nH]2)c1. The lowest BCUT2D eigenvalue weighted by Gasteiger charge is -2.04. The van der Waals surface area contributed by atoms with Crippen LogP contribution in [0, 0.1) is 0 Å². The molecule has 0 aliphatic heterocycles. The highest BCUT2D eigenvalue weighted by Gasteiger charge is 2.06. The molecule has 3 N–H and O–H groups in total. The van der Waals surface area contributed by atoms with Crippen LogP contribution in [-0.2, 0) is 6.42 Å². The topological polar surface area (TPSA) is 95.1 Å². The van der Waals surface area contributed by atoms with Crippen LogP contribution in [0.1, 0.15) is 26.4 Å². The number of carbonyl (C=O) groups is 2. The highest BCUT2D eigenvalue weighted by atomic mass is 16.4. The monoisotopic (exact) mass is 259 g/mol. The second-order valence-corrected chi connectivity index (χ2v) is 3.98. The minimum Gasteiger partial charge on any atom is -0.478 e. The van der Waals surface area contributed by atoms with Crippen LogP contribution in [0.4, 0.5) is 0 Å².